The van der Waals surface area contributed by atoms with Crippen LogP contribution < -0.4 is 9.80 Å². The third-order valence-corrected chi connectivity index (χ3v) is 7.24. The third-order valence-electron chi connectivity index (χ3n) is 6.30. The minimum Gasteiger partial charge on any atom is -0.455 e. The Balaban J connectivity index is 1.33. The Hall–Kier alpha value is -3.45. The van der Waals surface area contributed by atoms with Crippen LogP contribution in [0.2, 0.25) is 0 Å². The zero-order chi connectivity index (χ0) is 22.9. The number of para-hydroxylation sites is 1. The van der Waals surface area contributed by atoms with Crippen LogP contribution in [0.3, 0.4) is 0 Å². The smallest absolute Gasteiger partial charge is 0.312 e. The SMILES string of the molecule is Cc1ccc(N2C(=O)C[C@H](C(=O)OCC(=O)N3CCc4ccccc43)[C@@H]2c2cccs2)cc1. The predicted octanol–water partition coefficient (Wildman–Crippen LogP) is 4.28. The summed E-state index contributed by atoms with van der Waals surface area (Å²) in [6.45, 7) is 2.23. The summed E-state index contributed by atoms with van der Waals surface area (Å²) in [5.74, 6) is -1.56. The van der Waals surface area contributed by atoms with E-state index in [4.69, 9.17) is 4.74 Å². The van der Waals surface area contributed by atoms with Gasteiger partial charge in [-0.05, 0) is 48.6 Å². The van der Waals surface area contributed by atoms with Crippen LogP contribution >= 0.6 is 11.3 Å². The maximum Gasteiger partial charge on any atom is 0.312 e. The highest BCUT2D eigenvalue weighted by Crippen LogP contribution is 2.43. The van der Waals surface area contributed by atoms with Crippen LogP contribution in [0.5, 0.6) is 0 Å². The van der Waals surface area contributed by atoms with Gasteiger partial charge >= 0.3 is 5.97 Å². The molecule has 2 aliphatic rings. The molecule has 0 aliphatic carbocycles. The number of aryl methyl sites for hydroxylation is 1. The summed E-state index contributed by atoms with van der Waals surface area (Å²) in [6.07, 6.45) is 0.842. The first-order chi connectivity index (χ1) is 16.0. The molecule has 0 radical (unpaired) electrons. The van der Waals surface area contributed by atoms with Crippen molar-refractivity contribution in [2.24, 2.45) is 5.92 Å². The maximum absolute atomic E-state index is 13.1. The molecule has 0 unspecified atom stereocenters. The summed E-state index contributed by atoms with van der Waals surface area (Å²) >= 11 is 1.51. The molecule has 1 aromatic heterocycles. The van der Waals surface area contributed by atoms with Crippen molar-refractivity contribution in [3.05, 3.63) is 82.0 Å². The van der Waals surface area contributed by atoms with E-state index in [0.717, 1.165) is 33.8 Å². The third kappa shape index (κ3) is 4.04. The summed E-state index contributed by atoms with van der Waals surface area (Å²) in [5.41, 5.74) is 3.83. The number of carbonyl (C=O) groups excluding carboxylic acids is 3. The van der Waals surface area contributed by atoms with Gasteiger partial charge in [-0.2, -0.15) is 0 Å². The van der Waals surface area contributed by atoms with Crippen molar-refractivity contribution in [3.63, 3.8) is 0 Å². The Kier molecular flexibility index (Phi) is 5.72. The van der Waals surface area contributed by atoms with E-state index in [-0.39, 0.29) is 24.8 Å². The van der Waals surface area contributed by atoms with Gasteiger partial charge < -0.3 is 14.5 Å². The van der Waals surface area contributed by atoms with Crippen molar-refractivity contribution < 1.29 is 19.1 Å². The number of anilines is 2. The molecule has 3 heterocycles. The number of amides is 2. The van der Waals surface area contributed by atoms with Crippen molar-refractivity contribution in [1.29, 1.82) is 0 Å². The molecule has 0 bridgehead atoms. The predicted molar refractivity (Wildman–Crippen MR) is 127 cm³/mol. The number of carbonyl (C=O) groups is 3. The molecule has 7 heteroatoms. The highest BCUT2D eigenvalue weighted by atomic mass is 32.1. The number of benzene rings is 2. The highest BCUT2D eigenvalue weighted by molar-refractivity contribution is 7.10. The van der Waals surface area contributed by atoms with Gasteiger partial charge in [0.2, 0.25) is 5.91 Å². The Morgan fingerprint density at radius 2 is 1.85 bits per heavy atom. The quantitative estimate of drug-likeness (QED) is 0.533. The van der Waals surface area contributed by atoms with Gasteiger partial charge in [-0.15, -0.1) is 11.3 Å². The van der Waals surface area contributed by atoms with E-state index in [1.54, 1.807) is 9.80 Å². The van der Waals surface area contributed by atoms with Gasteiger partial charge in [0.1, 0.15) is 0 Å². The zero-order valence-corrected chi connectivity index (χ0v) is 19.1. The number of fused-ring (bicyclic) bond motifs is 1. The monoisotopic (exact) mass is 460 g/mol. The van der Waals surface area contributed by atoms with E-state index < -0.39 is 17.9 Å². The summed E-state index contributed by atoms with van der Waals surface area (Å²) in [5, 5.41) is 1.93. The van der Waals surface area contributed by atoms with E-state index in [9.17, 15) is 14.4 Å². The molecule has 0 saturated carbocycles. The number of nitrogens with zero attached hydrogens (tertiary/aromatic N) is 2. The van der Waals surface area contributed by atoms with E-state index in [0.29, 0.717) is 6.54 Å². The number of hydrogen-bond acceptors (Lipinski definition) is 5. The first kappa shape index (κ1) is 21.4. The summed E-state index contributed by atoms with van der Waals surface area (Å²) < 4.78 is 5.49. The molecule has 168 valence electrons. The van der Waals surface area contributed by atoms with Crippen molar-refractivity contribution in [2.45, 2.75) is 25.8 Å². The van der Waals surface area contributed by atoms with Crippen LogP contribution in [-0.4, -0.2) is 30.9 Å². The van der Waals surface area contributed by atoms with Crippen LogP contribution in [0.4, 0.5) is 11.4 Å². The Morgan fingerprint density at radius 1 is 1.06 bits per heavy atom. The van der Waals surface area contributed by atoms with Crippen molar-refractivity contribution in [1.82, 2.24) is 0 Å². The second-order valence-electron chi connectivity index (χ2n) is 8.40. The molecule has 2 atom stereocenters. The molecule has 33 heavy (non-hydrogen) atoms. The first-order valence-corrected chi connectivity index (χ1v) is 11.9. The van der Waals surface area contributed by atoms with Crippen molar-refractivity contribution in [2.75, 3.05) is 23.0 Å². The van der Waals surface area contributed by atoms with Crippen LogP contribution in [0.15, 0.2) is 66.0 Å². The van der Waals surface area contributed by atoms with Gasteiger partial charge in [-0.25, -0.2) is 0 Å². The summed E-state index contributed by atoms with van der Waals surface area (Å²) in [6, 6.07) is 18.9. The lowest BCUT2D eigenvalue weighted by atomic mass is 9.99. The lowest BCUT2D eigenvalue weighted by Gasteiger charge is -2.27. The fourth-order valence-corrected chi connectivity index (χ4v) is 5.54. The lowest BCUT2D eigenvalue weighted by Crippen LogP contribution is -2.35. The normalized spacial score (nSPS) is 19.6. The van der Waals surface area contributed by atoms with Gasteiger partial charge in [-0.3, -0.25) is 14.4 Å². The molecule has 3 aromatic rings. The van der Waals surface area contributed by atoms with Crippen LogP contribution in [0.1, 0.15) is 28.5 Å². The number of rotatable bonds is 5. The number of esters is 1. The topological polar surface area (TPSA) is 66.9 Å². The summed E-state index contributed by atoms with van der Waals surface area (Å²) in [4.78, 5) is 43.2. The van der Waals surface area contributed by atoms with E-state index in [1.807, 2.05) is 73.0 Å². The van der Waals surface area contributed by atoms with Crippen molar-refractivity contribution >= 4 is 40.5 Å². The standard InChI is InChI=1S/C26H24N2O4S/c1-17-8-10-19(11-9-17)28-23(29)15-20(25(28)22-7-4-14-33-22)26(31)32-16-24(30)27-13-12-18-5-2-3-6-21(18)27/h2-11,14,20,25H,12-13,15-16H2,1H3/t20-,25+/m0/s1. The second-order valence-corrected chi connectivity index (χ2v) is 9.38. The van der Waals surface area contributed by atoms with Crippen LogP contribution in [0, 0.1) is 12.8 Å². The molecule has 0 spiro atoms. The molecular weight excluding hydrogens is 436 g/mol. The van der Waals surface area contributed by atoms with Gasteiger partial charge in [0.15, 0.2) is 6.61 Å². The average molecular weight is 461 g/mol. The minimum absolute atomic E-state index is 0.0516. The highest BCUT2D eigenvalue weighted by Gasteiger charge is 2.46. The first-order valence-electron chi connectivity index (χ1n) is 11.0. The maximum atomic E-state index is 13.1. The van der Waals surface area contributed by atoms with Gasteiger partial charge in [0.05, 0.1) is 12.0 Å². The molecule has 2 amide bonds. The average Bonchev–Trinajstić information content (AvgIpc) is 3.56. The summed E-state index contributed by atoms with van der Waals surface area (Å²) in [7, 11) is 0. The molecule has 6 nitrogen and oxygen atoms in total. The molecule has 2 aliphatic heterocycles. The molecule has 2 aromatic carbocycles. The second kappa shape index (κ2) is 8.83. The van der Waals surface area contributed by atoms with Crippen molar-refractivity contribution in [3.8, 4) is 0 Å². The van der Waals surface area contributed by atoms with E-state index in [1.165, 1.54) is 11.3 Å². The zero-order valence-electron chi connectivity index (χ0n) is 18.3. The number of hydrogen-bond donors (Lipinski definition) is 0. The fourth-order valence-electron chi connectivity index (χ4n) is 4.66. The minimum atomic E-state index is -0.670. The molecule has 0 N–H and O–H groups in total. The molecule has 5 rings (SSSR count). The number of ether oxygens (including phenoxy) is 1. The van der Waals surface area contributed by atoms with Gasteiger partial charge in [-0.1, -0.05) is 42.0 Å². The Morgan fingerprint density at radius 3 is 2.61 bits per heavy atom. The molecule has 1 fully saturated rings. The fraction of sp³-hybridized carbons (Fsp3) is 0.269. The largest absolute Gasteiger partial charge is 0.455 e. The lowest BCUT2D eigenvalue weighted by molar-refractivity contribution is -0.152. The van der Waals surface area contributed by atoms with Gasteiger partial charge in [0, 0.05) is 29.2 Å². The molecular formula is C26H24N2O4S. The van der Waals surface area contributed by atoms with Crippen LogP contribution in [-0.2, 0) is 25.5 Å². The van der Waals surface area contributed by atoms with Gasteiger partial charge in [0.25, 0.3) is 5.91 Å². The van der Waals surface area contributed by atoms with Crippen LogP contribution in [0.25, 0.3) is 0 Å². The Bertz CT molecular complexity index is 1190. The number of thiophene rings is 1. The van der Waals surface area contributed by atoms with E-state index in [2.05, 4.69) is 0 Å². The van der Waals surface area contributed by atoms with E-state index >= 15 is 0 Å². The molecule has 1 saturated heterocycles. The Labute approximate surface area is 196 Å².